The number of aryl methyl sites for hydroxylation is 4. The van der Waals surface area contributed by atoms with Crippen molar-refractivity contribution in [3.63, 3.8) is 0 Å². The summed E-state index contributed by atoms with van der Waals surface area (Å²) in [5.41, 5.74) is 7.50. The molecule has 1 heterocycles. The summed E-state index contributed by atoms with van der Waals surface area (Å²) in [6, 6.07) is 4.52. The Morgan fingerprint density at radius 3 is 2.73 bits per heavy atom. The lowest BCUT2D eigenvalue weighted by molar-refractivity contribution is 0.831. The molecule has 0 saturated carbocycles. The van der Waals surface area contributed by atoms with Gasteiger partial charge in [0.1, 0.15) is 0 Å². The minimum absolute atomic E-state index is 1.26. The number of fused-ring (bicyclic) bond motifs is 3. The van der Waals surface area contributed by atoms with Gasteiger partial charge in [0.05, 0.1) is 0 Å². The van der Waals surface area contributed by atoms with Crippen molar-refractivity contribution < 1.29 is 0 Å². The first-order valence-corrected chi connectivity index (χ1v) is 5.76. The Labute approximate surface area is 90.7 Å². The zero-order valence-corrected chi connectivity index (χ0v) is 9.72. The fourth-order valence-corrected chi connectivity index (χ4v) is 2.97. The summed E-state index contributed by atoms with van der Waals surface area (Å²) in [5, 5.41) is 1.53. The van der Waals surface area contributed by atoms with Crippen LogP contribution in [0.4, 0.5) is 0 Å². The van der Waals surface area contributed by atoms with Gasteiger partial charge in [-0.2, -0.15) is 0 Å². The maximum absolute atomic E-state index is 2.39. The van der Waals surface area contributed by atoms with Crippen molar-refractivity contribution in [1.29, 1.82) is 0 Å². The molecule has 1 nitrogen and oxygen atoms in total. The third-order valence-corrected chi connectivity index (χ3v) is 3.97. The molecule has 0 fully saturated rings. The molecule has 0 unspecified atom stereocenters. The first kappa shape index (κ1) is 9.02. The molecule has 0 N–H and O–H groups in total. The van der Waals surface area contributed by atoms with Gasteiger partial charge in [-0.05, 0) is 55.9 Å². The van der Waals surface area contributed by atoms with Crippen molar-refractivity contribution in [1.82, 2.24) is 4.57 Å². The van der Waals surface area contributed by atoms with Crippen LogP contribution in [0.5, 0.6) is 0 Å². The van der Waals surface area contributed by atoms with Gasteiger partial charge in [0.15, 0.2) is 0 Å². The molecule has 15 heavy (non-hydrogen) atoms. The molecular weight excluding hydrogens is 182 g/mol. The number of rotatable bonds is 0. The highest BCUT2D eigenvalue weighted by molar-refractivity contribution is 5.90. The number of nitrogens with zero attached hydrogens (tertiary/aromatic N) is 1. The highest BCUT2D eigenvalue weighted by atomic mass is 15.0. The fraction of sp³-hybridized carbons (Fsp3) is 0.429. The number of benzene rings is 1. The van der Waals surface area contributed by atoms with E-state index in [1.165, 1.54) is 41.3 Å². The molecule has 1 aromatic carbocycles. The van der Waals surface area contributed by atoms with Crippen LogP contribution in [0.2, 0.25) is 0 Å². The summed E-state index contributed by atoms with van der Waals surface area (Å²) in [5.74, 6) is 0. The summed E-state index contributed by atoms with van der Waals surface area (Å²) >= 11 is 0. The Kier molecular flexibility index (Phi) is 1.73. The van der Waals surface area contributed by atoms with E-state index >= 15 is 0 Å². The quantitative estimate of drug-likeness (QED) is 0.613. The summed E-state index contributed by atoms with van der Waals surface area (Å²) in [4.78, 5) is 0. The maximum atomic E-state index is 2.39. The van der Waals surface area contributed by atoms with E-state index in [4.69, 9.17) is 0 Å². The standard InChI is InChI=1S/C14H17N/c1-9-7-8-13-14(10(9)2)11-5-4-6-12(11)15(13)3/h7-8H,4-6H2,1-3H3. The summed E-state index contributed by atoms with van der Waals surface area (Å²) in [7, 11) is 2.21. The number of aromatic nitrogens is 1. The van der Waals surface area contributed by atoms with Crippen LogP contribution in [0.25, 0.3) is 10.9 Å². The van der Waals surface area contributed by atoms with E-state index in [0.717, 1.165) is 0 Å². The molecule has 1 heteroatoms. The van der Waals surface area contributed by atoms with Gasteiger partial charge >= 0.3 is 0 Å². The summed E-state index contributed by atoms with van der Waals surface area (Å²) in [6.45, 7) is 4.47. The normalized spacial score (nSPS) is 14.9. The van der Waals surface area contributed by atoms with E-state index in [1.54, 1.807) is 11.3 Å². The molecule has 78 valence electrons. The second-order valence-corrected chi connectivity index (χ2v) is 4.74. The zero-order valence-electron chi connectivity index (χ0n) is 9.72. The molecule has 0 atom stereocenters. The summed E-state index contributed by atoms with van der Waals surface area (Å²) in [6.07, 6.45) is 3.87. The number of hydrogen-bond donors (Lipinski definition) is 0. The Bertz CT molecular complexity index is 546. The molecule has 2 aromatic rings. The van der Waals surface area contributed by atoms with Crippen molar-refractivity contribution in [2.45, 2.75) is 33.1 Å². The molecule has 0 bridgehead atoms. The van der Waals surface area contributed by atoms with Crippen LogP contribution in [0.3, 0.4) is 0 Å². The van der Waals surface area contributed by atoms with Gasteiger partial charge in [-0.3, -0.25) is 0 Å². The highest BCUT2D eigenvalue weighted by Gasteiger charge is 2.20. The van der Waals surface area contributed by atoms with Gasteiger partial charge in [-0.15, -0.1) is 0 Å². The topological polar surface area (TPSA) is 4.93 Å². The van der Waals surface area contributed by atoms with Crippen LogP contribution in [0.15, 0.2) is 12.1 Å². The smallest absolute Gasteiger partial charge is 0.0485 e. The van der Waals surface area contributed by atoms with Gasteiger partial charge in [-0.25, -0.2) is 0 Å². The SMILES string of the molecule is Cc1ccc2c(c1C)c1c(n2C)CCC1. The van der Waals surface area contributed by atoms with Crippen LogP contribution in [0, 0.1) is 13.8 Å². The van der Waals surface area contributed by atoms with Crippen LogP contribution < -0.4 is 0 Å². The lowest BCUT2D eigenvalue weighted by Gasteiger charge is -2.05. The molecule has 0 amide bonds. The monoisotopic (exact) mass is 199 g/mol. The van der Waals surface area contributed by atoms with E-state index in [0.29, 0.717) is 0 Å². The first-order chi connectivity index (χ1) is 7.20. The number of hydrogen-bond acceptors (Lipinski definition) is 0. The third kappa shape index (κ3) is 1.04. The van der Waals surface area contributed by atoms with Crippen molar-refractivity contribution in [2.24, 2.45) is 7.05 Å². The van der Waals surface area contributed by atoms with Crippen molar-refractivity contribution in [3.05, 3.63) is 34.5 Å². The average Bonchev–Trinajstić information content (AvgIpc) is 2.76. The second kappa shape index (κ2) is 2.88. The first-order valence-electron chi connectivity index (χ1n) is 5.76. The van der Waals surface area contributed by atoms with Gasteiger partial charge < -0.3 is 4.57 Å². The van der Waals surface area contributed by atoms with Gasteiger partial charge in [-0.1, -0.05) is 6.07 Å². The van der Waals surface area contributed by atoms with Gasteiger partial charge in [0.2, 0.25) is 0 Å². The van der Waals surface area contributed by atoms with Crippen molar-refractivity contribution in [2.75, 3.05) is 0 Å². The molecule has 0 saturated heterocycles. The largest absolute Gasteiger partial charge is 0.347 e. The second-order valence-electron chi connectivity index (χ2n) is 4.74. The van der Waals surface area contributed by atoms with Crippen LogP contribution in [-0.2, 0) is 19.9 Å². The molecule has 0 aliphatic heterocycles. The molecular formula is C14H17N. The van der Waals surface area contributed by atoms with E-state index in [1.807, 2.05) is 0 Å². The van der Waals surface area contributed by atoms with Crippen LogP contribution >= 0.6 is 0 Å². The minimum Gasteiger partial charge on any atom is -0.347 e. The molecule has 1 aromatic heterocycles. The van der Waals surface area contributed by atoms with Crippen molar-refractivity contribution in [3.8, 4) is 0 Å². The molecule has 0 spiro atoms. The lowest BCUT2D eigenvalue weighted by atomic mass is 10.0. The van der Waals surface area contributed by atoms with Gasteiger partial charge in [0.25, 0.3) is 0 Å². The van der Waals surface area contributed by atoms with Crippen LogP contribution in [-0.4, -0.2) is 4.57 Å². The maximum Gasteiger partial charge on any atom is 0.0485 e. The Balaban J connectivity index is 2.51. The average molecular weight is 199 g/mol. The van der Waals surface area contributed by atoms with E-state index < -0.39 is 0 Å². The van der Waals surface area contributed by atoms with E-state index in [-0.39, 0.29) is 0 Å². The molecule has 0 radical (unpaired) electrons. The molecule has 1 aliphatic rings. The Morgan fingerprint density at radius 1 is 1.13 bits per heavy atom. The minimum atomic E-state index is 1.26. The lowest BCUT2D eigenvalue weighted by Crippen LogP contribution is -1.93. The Morgan fingerprint density at radius 2 is 1.93 bits per heavy atom. The van der Waals surface area contributed by atoms with Crippen LogP contribution in [0.1, 0.15) is 28.8 Å². The highest BCUT2D eigenvalue weighted by Crippen LogP contribution is 2.35. The molecule has 3 rings (SSSR count). The van der Waals surface area contributed by atoms with Gasteiger partial charge in [0, 0.05) is 23.6 Å². The van der Waals surface area contributed by atoms with E-state index in [9.17, 15) is 0 Å². The van der Waals surface area contributed by atoms with E-state index in [2.05, 4.69) is 37.6 Å². The Hall–Kier alpha value is -1.24. The summed E-state index contributed by atoms with van der Waals surface area (Å²) < 4.78 is 2.39. The zero-order chi connectivity index (χ0) is 10.6. The predicted octanol–water partition coefficient (Wildman–Crippen LogP) is 3.28. The predicted molar refractivity (Wildman–Crippen MR) is 64.4 cm³/mol. The third-order valence-electron chi connectivity index (χ3n) is 3.97. The molecule has 1 aliphatic carbocycles. The van der Waals surface area contributed by atoms with Crippen molar-refractivity contribution >= 4 is 10.9 Å². The fourth-order valence-electron chi connectivity index (χ4n) is 2.97.